The molecule has 0 radical (unpaired) electrons. The van der Waals surface area contributed by atoms with Crippen LogP contribution in [0.15, 0.2) is 18.2 Å². The lowest BCUT2D eigenvalue weighted by molar-refractivity contribution is -0.135. The summed E-state index contributed by atoms with van der Waals surface area (Å²) in [7, 11) is 0. The molecule has 2 N–H and O–H groups in total. The van der Waals surface area contributed by atoms with E-state index in [2.05, 4.69) is 17.2 Å². The summed E-state index contributed by atoms with van der Waals surface area (Å²) in [4.78, 5) is 21.5. The van der Waals surface area contributed by atoms with E-state index in [1.807, 2.05) is 12.1 Å². The van der Waals surface area contributed by atoms with Crippen LogP contribution in [-0.2, 0) is 16.0 Å². The summed E-state index contributed by atoms with van der Waals surface area (Å²) in [6.45, 7) is 0. The first-order valence-electron chi connectivity index (χ1n) is 4.79. The van der Waals surface area contributed by atoms with Crippen molar-refractivity contribution in [2.75, 3.05) is 5.32 Å². The Bertz CT molecular complexity index is 523. The van der Waals surface area contributed by atoms with Crippen LogP contribution in [0.25, 0.3) is 0 Å². The van der Waals surface area contributed by atoms with E-state index in [0.717, 1.165) is 5.56 Å². The van der Waals surface area contributed by atoms with E-state index >= 15 is 0 Å². The topological polar surface area (TPSA) is 66.4 Å². The zero-order valence-corrected chi connectivity index (χ0v) is 8.41. The van der Waals surface area contributed by atoms with Crippen LogP contribution in [-0.4, -0.2) is 17.0 Å². The fraction of sp³-hybridized carbons (Fsp3) is 0.167. The maximum absolute atomic E-state index is 11.2. The molecular weight excluding hydrogens is 206 g/mol. The number of benzene rings is 1. The summed E-state index contributed by atoms with van der Waals surface area (Å²) < 4.78 is 0. The van der Waals surface area contributed by atoms with Gasteiger partial charge in [-0.05, 0) is 11.6 Å². The minimum absolute atomic E-state index is 0.0533. The van der Waals surface area contributed by atoms with Crippen molar-refractivity contribution in [3.8, 4) is 11.8 Å². The summed E-state index contributed by atoms with van der Waals surface area (Å²) in [5.74, 6) is 4.29. The van der Waals surface area contributed by atoms with E-state index in [4.69, 9.17) is 5.11 Å². The van der Waals surface area contributed by atoms with Crippen molar-refractivity contribution in [2.45, 2.75) is 12.8 Å². The molecule has 0 aliphatic carbocycles. The molecule has 0 saturated heterocycles. The third-order valence-corrected chi connectivity index (χ3v) is 2.23. The van der Waals surface area contributed by atoms with Gasteiger partial charge in [0.05, 0.1) is 12.1 Å². The van der Waals surface area contributed by atoms with Gasteiger partial charge in [-0.15, -0.1) is 0 Å². The number of fused-ring (bicyclic) bond motifs is 1. The molecule has 4 heteroatoms. The molecule has 2 rings (SSSR count). The molecule has 4 nitrogen and oxygen atoms in total. The number of carboxylic acid groups (broad SMARTS) is 1. The molecule has 1 aromatic carbocycles. The number of para-hydroxylation sites is 1. The monoisotopic (exact) mass is 215 g/mol. The van der Waals surface area contributed by atoms with E-state index in [1.165, 1.54) is 0 Å². The molecule has 0 atom stereocenters. The Morgan fingerprint density at radius 3 is 3.06 bits per heavy atom. The molecule has 1 aromatic rings. The van der Waals surface area contributed by atoms with Crippen LogP contribution < -0.4 is 5.32 Å². The molecular formula is C12H9NO3. The third-order valence-electron chi connectivity index (χ3n) is 2.23. The van der Waals surface area contributed by atoms with Gasteiger partial charge in [0.15, 0.2) is 0 Å². The summed E-state index contributed by atoms with van der Waals surface area (Å²) in [6, 6.07) is 5.43. The number of amides is 1. The Balaban J connectivity index is 2.29. The average Bonchev–Trinajstić information content (AvgIpc) is 2.58. The van der Waals surface area contributed by atoms with Gasteiger partial charge in [0.25, 0.3) is 0 Å². The van der Waals surface area contributed by atoms with Gasteiger partial charge in [-0.1, -0.05) is 24.0 Å². The van der Waals surface area contributed by atoms with Gasteiger partial charge in [0.2, 0.25) is 5.91 Å². The van der Waals surface area contributed by atoms with Crippen molar-refractivity contribution >= 4 is 17.6 Å². The summed E-state index contributed by atoms with van der Waals surface area (Å²) in [5, 5.41) is 11.2. The van der Waals surface area contributed by atoms with Gasteiger partial charge < -0.3 is 10.4 Å². The number of hydrogen-bond donors (Lipinski definition) is 2. The molecule has 80 valence electrons. The van der Waals surface area contributed by atoms with Gasteiger partial charge in [0, 0.05) is 5.56 Å². The molecule has 0 aromatic heterocycles. The fourth-order valence-electron chi connectivity index (χ4n) is 1.57. The molecule has 1 amide bonds. The Kier molecular flexibility index (Phi) is 2.61. The minimum atomic E-state index is -0.955. The van der Waals surface area contributed by atoms with Crippen LogP contribution in [0.2, 0.25) is 0 Å². The highest BCUT2D eigenvalue weighted by atomic mass is 16.4. The first-order chi connectivity index (χ1) is 7.66. The SMILES string of the molecule is O=C(O)CC#Cc1cccc2c1NC(=O)C2. The van der Waals surface area contributed by atoms with Crippen LogP contribution in [0.5, 0.6) is 0 Å². The number of carbonyl (C=O) groups is 2. The highest BCUT2D eigenvalue weighted by Gasteiger charge is 2.19. The molecule has 1 aliphatic heterocycles. The predicted molar refractivity (Wildman–Crippen MR) is 57.9 cm³/mol. The fourth-order valence-corrected chi connectivity index (χ4v) is 1.57. The Labute approximate surface area is 92.3 Å². The highest BCUT2D eigenvalue weighted by molar-refractivity contribution is 6.00. The molecule has 0 bridgehead atoms. The second-order valence-corrected chi connectivity index (χ2v) is 3.44. The number of hydrogen-bond acceptors (Lipinski definition) is 2. The van der Waals surface area contributed by atoms with Crippen LogP contribution in [0.1, 0.15) is 17.5 Å². The van der Waals surface area contributed by atoms with Crippen LogP contribution >= 0.6 is 0 Å². The van der Waals surface area contributed by atoms with Crippen molar-refractivity contribution in [3.63, 3.8) is 0 Å². The molecule has 0 saturated carbocycles. The molecule has 0 unspecified atom stereocenters. The largest absolute Gasteiger partial charge is 0.481 e. The van der Waals surface area contributed by atoms with Crippen molar-refractivity contribution in [3.05, 3.63) is 29.3 Å². The zero-order valence-electron chi connectivity index (χ0n) is 8.41. The van der Waals surface area contributed by atoms with Crippen molar-refractivity contribution < 1.29 is 14.7 Å². The van der Waals surface area contributed by atoms with E-state index in [1.54, 1.807) is 6.07 Å². The maximum Gasteiger partial charge on any atom is 0.315 e. The number of rotatable bonds is 1. The Hall–Kier alpha value is -2.28. The predicted octanol–water partition coefficient (Wildman–Crippen LogP) is 1.01. The van der Waals surface area contributed by atoms with Gasteiger partial charge in [-0.2, -0.15) is 0 Å². The Morgan fingerprint density at radius 1 is 1.50 bits per heavy atom. The lowest BCUT2D eigenvalue weighted by Gasteiger charge is -2.00. The molecule has 1 aliphatic rings. The van der Waals surface area contributed by atoms with E-state index in [0.29, 0.717) is 17.7 Å². The van der Waals surface area contributed by atoms with Gasteiger partial charge >= 0.3 is 5.97 Å². The molecule has 0 spiro atoms. The number of carboxylic acids is 1. The van der Waals surface area contributed by atoms with Gasteiger partial charge in [-0.25, -0.2) is 0 Å². The van der Waals surface area contributed by atoms with Crippen molar-refractivity contribution in [1.29, 1.82) is 0 Å². The minimum Gasteiger partial charge on any atom is -0.481 e. The average molecular weight is 215 g/mol. The van der Waals surface area contributed by atoms with E-state index in [9.17, 15) is 9.59 Å². The van der Waals surface area contributed by atoms with E-state index in [-0.39, 0.29) is 12.3 Å². The number of nitrogens with one attached hydrogen (secondary N) is 1. The third kappa shape index (κ3) is 2.04. The maximum atomic E-state index is 11.2. The Morgan fingerprint density at radius 2 is 2.31 bits per heavy atom. The number of aliphatic carboxylic acids is 1. The van der Waals surface area contributed by atoms with Crippen molar-refractivity contribution in [1.82, 2.24) is 0 Å². The van der Waals surface area contributed by atoms with E-state index < -0.39 is 5.97 Å². The molecule has 0 fully saturated rings. The van der Waals surface area contributed by atoms with Crippen LogP contribution in [0.4, 0.5) is 5.69 Å². The standard InChI is InChI=1S/C12H9NO3/c14-10-7-9-5-1-3-8(12(9)13-10)4-2-6-11(15)16/h1,3,5H,6-7H2,(H,13,14)(H,15,16). The highest BCUT2D eigenvalue weighted by Crippen LogP contribution is 2.26. The molecule has 16 heavy (non-hydrogen) atoms. The second kappa shape index (κ2) is 4.07. The lowest BCUT2D eigenvalue weighted by atomic mass is 10.1. The van der Waals surface area contributed by atoms with Gasteiger partial charge in [-0.3, -0.25) is 9.59 Å². The number of carbonyl (C=O) groups excluding carboxylic acids is 1. The molecule has 1 heterocycles. The van der Waals surface area contributed by atoms with Crippen LogP contribution in [0, 0.1) is 11.8 Å². The van der Waals surface area contributed by atoms with Crippen LogP contribution in [0.3, 0.4) is 0 Å². The zero-order chi connectivity index (χ0) is 11.5. The summed E-state index contributed by atoms with van der Waals surface area (Å²) in [5.41, 5.74) is 2.29. The first kappa shape index (κ1) is 10.2. The van der Waals surface area contributed by atoms with Crippen molar-refractivity contribution in [2.24, 2.45) is 0 Å². The first-order valence-corrected chi connectivity index (χ1v) is 4.79. The second-order valence-electron chi connectivity index (χ2n) is 3.44. The van der Waals surface area contributed by atoms with Gasteiger partial charge in [0.1, 0.15) is 6.42 Å². The summed E-state index contributed by atoms with van der Waals surface area (Å²) in [6.07, 6.45) is 0.168. The summed E-state index contributed by atoms with van der Waals surface area (Å²) >= 11 is 0. The quantitative estimate of drug-likeness (QED) is 0.687. The number of anilines is 1. The normalized spacial score (nSPS) is 12.4. The smallest absolute Gasteiger partial charge is 0.315 e. The lowest BCUT2D eigenvalue weighted by Crippen LogP contribution is -2.04.